The fourth-order valence-electron chi connectivity index (χ4n) is 3.58. The zero-order valence-electron chi connectivity index (χ0n) is 17.5. The minimum atomic E-state index is -0.508. The van der Waals surface area contributed by atoms with Crippen LogP contribution in [-0.4, -0.2) is 50.1 Å². The molecule has 160 valence electrons. The molecule has 0 aromatic heterocycles. The summed E-state index contributed by atoms with van der Waals surface area (Å²) in [5.41, 5.74) is 3.23. The molecule has 1 aliphatic heterocycles. The Labute approximate surface area is 174 Å². The first-order valence-corrected chi connectivity index (χ1v) is 9.45. The van der Waals surface area contributed by atoms with Crippen LogP contribution in [0.15, 0.2) is 24.3 Å². The van der Waals surface area contributed by atoms with E-state index in [1.807, 2.05) is 17.0 Å². The molecule has 0 unspecified atom stereocenters. The Balaban J connectivity index is 1.70. The van der Waals surface area contributed by atoms with Crippen molar-refractivity contribution in [2.45, 2.75) is 19.9 Å². The second-order valence-electron chi connectivity index (χ2n) is 7.08. The van der Waals surface area contributed by atoms with Crippen molar-refractivity contribution in [3.8, 4) is 17.2 Å². The number of hydrogen-bond donors (Lipinski definition) is 1. The van der Waals surface area contributed by atoms with Gasteiger partial charge in [-0.25, -0.2) is 0 Å². The SMILES string of the molecule is COc1cc2c(cc1OC)CN(CC(=O)Nc1cc(OC)c([N+](=O)[O-])cc1C)CC2. The molecule has 0 fully saturated rings. The molecule has 1 amide bonds. The van der Waals surface area contributed by atoms with Crippen LogP contribution in [0.25, 0.3) is 0 Å². The van der Waals surface area contributed by atoms with Gasteiger partial charge in [-0.05, 0) is 42.2 Å². The highest BCUT2D eigenvalue weighted by Crippen LogP contribution is 2.34. The van der Waals surface area contributed by atoms with Crippen LogP contribution in [0.4, 0.5) is 11.4 Å². The first-order valence-electron chi connectivity index (χ1n) is 9.45. The maximum Gasteiger partial charge on any atom is 0.311 e. The van der Waals surface area contributed by atoms with E-state index in [0.29, 0.717) is 29.3 Å². The Morgan fingerprint density at radius 2 is 1.70 bits per heavy atom. The smallest absolute Gasteiger partial charge is 0.311 e. The number of nitro groups is 1. The quantitative estimate of drug-likeness (QED) is 0.548. The Morgan fingerprint density at radius 3 is 2.30 bits per heavy atom. The zero-order chi connectivity index (χ0) is 21.8. The number of nitrogens with one attached hydrogen (secondary N) is 1. The van der Waals surface area contributed by atoms with E-state index in [0.717, 1.165) is 18.5 Å². The number of rotatable bonds is 7. The monoisotopic (exact) mass is 415 g/mol. The first-order chi connectivity index (χ1) is 14.4. The van der Waals surface area contributed by atoms with Crippen LogP contribution in [0.2, 0.25) is 0 Å². The molecule has 1 heterocycles. The standard InChI is InChI=1S/C21H25N3O6/c1-13-7-17(24(26)27)18(28-2)10-16(13)22-21(25)12-23-6-5-14-8-19(29-3)20(30-4)9-15(14)11-23/h7-10H,5-6,11-12H2,1-4H3,(H,22,25). The van der Waals surface area contributed by atoms with Crippen molar-refractivity contribution in [1.82, 2.24) is 4.90 Å². The third-order valence-corrected chi connectivity index (χ3v) is 5.16. The molecule has 0 atom stereocenters. The number of methoxy groups -OCH3 is 3. The van der Waals surface area contributed by atoms with Gasteiger partial charge in [0.1, 0.15) is 0 Å². The van der Waals surface area contributed by atoms with Gasteiger partial charge in [-0.1, -0.05) is 0 Å². The lowest BCUT2D eigenvalue weighted by Gasteiger charge is -2.29. The van der Waals surface area contributed by atoms with E-state index >= 15 is 0 Å². The highest BCUT2D eigenvalue weighted by Gasteiger charge is 2.22. The van der Waals surface area contributed by atoms with Crippen LogP contribution in [0.3, 0.4) is 0 Å². The molecule has 0 spiro atoms. The summed E-state index contributed by atoms with van der Waals surface area (Å²) >= 11 is 0. The molecule has 0 radical (unpaired) electrons. The molecule has 1 aliphatic rings. The van der Waals surface area contributed by atoms with Crippen LogP contribution >= 0.6 is 0 Å². The molecule has 0 aliphatic carbocycles. The number of benzene rings is 2. The van der Waals surface area contributed by atoms with Crippen molar-refractivity contribution in [2.75, 3.05) is 39.7 Å². The maximum atomic E-state index is 12.6. The van der Waals surface area contributed by atoms with Gasteiger partial charge >= 0.3 is 5.69 Å². The summed E-state index contributed by atoms with van der Waals surface area (Å²) in [6, 6.07) is 6.81. The topological polar surface area (TPSA) is 103 Å². The van der Waals surface area contributed by atoms with E-state index in [2.05, 4.69) is 5.32 Å². The number of carbonyl (C=O) groups excluding carboxylic acids is 1. The molecule has 9 nitrogen and oxygen atoms in total. The molecular formula is C21H25N3O6. The number of aryl methyl sites for hydroxylation is 1. The Bertz CT molecular complexity index is 976. The lowest BCUT2D eigenvalue weighted by Crippen LogP contribution is -2.37. The molecule has 1 N–H and O–H groups in total. The van der Waals surface area contributed by atoms with Crippen LogP contribution in [0.5, 0.6) is 17.2 Å². The predicted octanol–water partition coefficient (Wildman–Crippen LogP) is 2.93. The fourth-order valence-corrected chi connectivity index (χ4v) is 3.58. The third-order valence-electron chi connectivity index (χ3n) is 5.16. The highest BCUT2D eigenvalue weighted by atomic mass is 16.6. The Hall–Kier alpha value is -3.33. The van der Waals surface area contributed by atoms with Crippen molar-refractivity contribution in [1.29, 1.82) is 0 Å². The van der Waals surface area contributed by atoms with E-state index in [4.69, 9.17) is 14.2 Å². The van der Waals surface area contributed by atoms with Gasteiger partial charge in [-0.2, -0.15) is 0 Å². The maximum absolute atomic E-state index is 12.6. The summed E-state index contributed by atoms with van der Waals surface area (Å²) in [5.74, 6) is 1.27. The van der Waals surface area contributed by atoms with Gasteiger partial charge in [-0.3, -0.25) is 19.8 Å². The van der Waals surface area contributed by atoms with Crippen LogP contribution < -0.4 is 19.5 Å². The minimum absolute atomic E-state index is 0.105. The molecule has 9 heteroatoms. The van der Waals surface area contributed by atoms with Gasteiger partial charge in [0.2, 0.25) is 5.91 Å². The second-order valence-corrected chi connectivity index (χ2v) is 7.08. The van der Waals surface area contributed by atoms with Crippen molar-refractivity contribution < 1.29 is 23.9 Å². The zero-order valence-corrected chi connectivity index (χ0v) is 17.5. The minimum Gasteiger partial charge on any atom is -0.493 e. The van der Waals surface area contributed by atoms with E-state index in [-0.39, 0.29) is 23.9 Å². The third kappa shape index (κ3) is 4.46. The van der Waals surface area contributed by atoms with Crippen LogP contribution in [-0.2, 0) is 17.8 Å². The van der Waals surface area contributed by atoms with E-state index in [9.17, 15) is 14.9 Å². The number of carbonyl (C=O) groups is 1. The molecule has 0 saturated heterocycles. The van der Waals surface area contributed by atoms with E-state index in [1.54, 1.807) is 21.1 Å². The summed E-state index contributed by atoms with van der Waals surface area (Å²) in [4.78, 5) is 25.3. The number of hydrogen-bond acceptors (Lipinski definition) is 7. The molecule has 3 rings (SSSR count). The van der Waals surface area contributed by atoms with Gasteiger partial charge in [0, 0.05) is 30.9 Å². The number of fused-ring (bicyclic) bond motifs is 1. The molecule has 2 aromatic carbocycles. The Kier molecular flexibility index (Phi) is 6.41. The molecule has 2 aromatic rings. The van der Waals surface area contributed by atoms with Crippen molar-refractivity contribution in [3.63, 3.8) is 0 Å². The van der Waals surface area contributed by atoms with Crippen LogP contribution in [0, 0.1) is 17.0 Å². The average Bonchev–Trinajstić information content (AvgIpc) is 2.73. The summed E-state index contributed by atoms with van der Waals surface area (Å²) in [5, 5.41) is 14.0. The largest absolute Gasteiger partial charge is 0.493 e. The van der Waals surface area contributed by atoms with E-state index < -0.39 is 4.92 Å². The second kappa shape index (κ2) is 9.00. The normalized spacial score (nSPS) is 13.3. The average molecular weight is 415 g/mol. The number of ether oxygens (including phenoxy) is 3. The summed E-state index contributed by atoms with van der Waals surface area (Å²) in [7, 11) is 4.57. The van der Waals surface area contributed by atoms with Crippen molar-refractivity contribution in [3.05, 3.63) is 51.1 Å². The van der Waals surface area contributed by atoms with Gasteiger partial charge in [0.25, 0.3) is 0 Å². The lowest BCUT2D eigenvalue weighted by molar-refractivity contribution is -0.385. The molecule has 0 saturated carbocycles. The fraction of sp³-hybridized carbons (Fsp3) is 0.381. The summed E-state index contributed by atoms with van der Waals surface area (Å²) in [6.45, 7) is 3.26. The van der Waals surface area contributed by atoms with Crippen molar-refractivity contribution in [2.24, 2.45) is 0 Å². The summed E-state index contributed by atoms with van der Waals surface area (Å²) < 4.78 is 15.8. The number of amides is 1. The molecular weight excluding hydrogens is 390 g/mol. The van der Waals surface area contributed by atoms with Crippen molar-refractivity contribution >= 4 is 17.3 Å². The highest BCUT2D eigenvalue weighted by molar-refractivity contribution is 5.93. The van der Waals surface area contributed by atoms with Gasteiger partial charge in [0.15, 0.2) is 17.2 Å². The Morgan fingerprint density at radius 1 is 1.07 bits per heavy atom. The van der Waals surface area contributed by atoms with Gasteiger partial charge in [0.05, 0.1) is 32.8 Å². The van der Waals surface area contributed by atoms with Gasteiger partial charge in [-0.15, -0.1) is 0 Å². The van der Waals surface area contributed by atoms with Gasteiger partial charge < -0.3 is 19.5 Å². The molecule has 30 heavy (non-hydrogen) atoms. The first kappa shape index (κ1) is 21.4. The lowest BCUT2D eigenvalue weighted by atomic mass is 9.99. The van der Waals surface area contributed by atoms with E-state index in [1.165, 1.54) is 24.8 Å². The van der Waals surface area contributed by atoms with Crippen LogP contribution in [0.1, 0.15) is 16.7 Å². The number of anilines is 1. The number of nitro benzene ring substituents is 1. The number of nitrogens with zero attached hydrogens (tertiary/aromatic N) is 2. The summed E-state index contributed by atoms with van der Waals surface area (Å²) in [6.07, 6.45) is 0.799. The molecule has 0 bridgehead atoms. The predicted molar refractivity (Wildman–Crippen MR) is 112 cm³/mol.